The Bertz CT molecular complexity index is 341. The van der Waals surface area contributed by atoms with Crippen molar-refractivity contribution in [2.75, 3.05) is 13.2 Å². The summed E-state index contributed by atoms with van der Waals surface area (Å²) in [6, 6.07) is 4.84. The summed E-state index contributed by atoms with van der Waals surface area (Å²) in [7, 11) is -1.82. The van der Waals surface area contributed by atoms with E-state index >= 15 is 0 Å². The lowest BCUT2D eigenvalue weighted by molar-refractivity contribution is 0.286. The molecule has 0 atom stereocenters. The smallest absolute Gasteiger partial charge is 0.512 e. The zero-order valence-corrected chi connectivity index (χ0v) is 8.05. The lowest BCUT2D eigenvalue weighted by atomic mass is 10.2. The van der Waals surface area contributed by atoms with Crippen molar-refractivity contribution >= 4 is 7.32 Å². The first-order valence-electron chi connectivity index (χ1n) is 4.68. The van der Waals surface area contributed by atoms with Gasteiger partial charge in [0.05, 0.1) is 13.2 Å². The van der Waals surface area contributed by atoms with Gasteiger partial charge in [-0.2, -0.15) is 0 Å². The van der Waals surface area contributed by atoms with Gasteiger partial charge in [0.2, 0.25) is 0 Å². The highest BCUT2D eigenvalue weighted by Gasteiger charge is 2.15. The van der Waals surface area contributed by atoms with Crippen molar-refractivity contribution in [2.24, 2.45) is 0 Å². The summed E-state index contributed by atoms with van der Waals surface area (Å²) < 4.78 is 15.5. The molecule has 5 nitrogen and oxygen atoms in total. The van der Waals surface area contributed by atoms with Crippen LogP contribution in [0.5, 0.6) is 17.2 Å². The van der Waals surface area contributed by atoms with Crippen LogP contribution in [0.25, 0.3) is 0 Å². The Kier molecular flexibility index (Phi) is 2.98. The van der Waals surface area contributed by atoms with Crippen LogP contribution in [0.3, 0.4) is 0 Å². The molecule has 0 spiro atoms. The van der Waals surface area contributed by atoms with Crippen molar-refractivity contribution in [1.29, 1.82) is 0 Å². The number of rotatable bonds is 2. The third-order valence-electron chi connectivity index (χ3n) is 1.96. The Morgan fingerprint density at radius 2 is 1.87 bits per heavy atom. The van der Waals surface area contributed by atoms with Crippen LogP contribution in [0, 0.1) is 0 Å². The minimum atomic E-state index is -1.82. The van der Waals surface area contributed by atoms with Gasteiger partial charge in [-0.3, -0.25) is 0 Å². The van der Waals surface area contributed by atoms with E-state index in [4.69, 9.17) is 24.2 Å². The third kappa shape index (κ3) is 2.54. The molecule has 0 radical (unpaired) electrons. The van der Waals surface area contributed by atoms with Crippen molar-refractivity contribution in [3.8, 4) is 17.2 Å². The predicted molar refractivity (Wildman–Crippen MR) is 52.9 cm³/mol. The van der Waals surface area contributed by atoms with Crippen molar-refractivity contribution in [1.82, 2.24) is 0 Å². The summed E-state index contributed by atoms with van der Waals surface area (Å²) >= 11 is 0. The van der Waals surface area contributed by atoms with E-state index in [1.54, 1.807) is 18.2 Å². The molecule has 0 amide bonds. The lowest BCUT2D eigenvalue weighted by Crippen LogP contribution is -2.20. The van der Waals surface area contributed by atoms with Gasteiger partial charge in [-0.05, 0) is 12.1 Å². The first kappa shape index (κ1) is 10.1. The van der Waals surface area contributed by atoms with Crippen LogP contribution >= 0.6 is 0 Å². The summed E-state index contributed by atoms with van der Waals surface area (Å²) in [5.74, 6) is 1.53. The Hall–Kier alpha value is -1.40. The molecular weight excluding hydrogens is 199 g/mol. The Labute approximate surface area is 87.4 Å². The molecule has 0 aliphatic carbocycles. The van der Waals surface area contributed by atoms with E-state index in [1.807, 2.05) is 0 Å². The second-order valence-corrected chi connectivity index (χ2v) is 3.10. The molecule has 0 saturated carbocycles. The fourth-order valence-corrected chi connectivity index (χ4v) is 1.34. The molecule has 15 heavy (non-hydrogen) atoms. The monoisotopic (exact) mass is 210 g/mol. The van der Waals surface area contributed by atoms with E-state index in [1.165, 1.54) is 0 Å². The maximum Gasteiger partial charge on any atom is 0.707 e. The summed E-state index contributed by atoms with van der Waals surface area (Å²) in [6.45, 7) is 1.20. The number of fused-ring (bicyclic) bond motifs is 1. The summed E-state index contributed by atoms with van der Waals surface area (Å²) in [5, 5.41) is 17.3. The van der Waals surface area contributed by atoms with E-state index in [9.17, 15) is 0 Å². The number of hydrogen-bond donors (Lipinski definition) is 2. The molecule has 1 heterocycles. The lowest BCUT2D eigenvalue weighted by Gasteiger charge is -2.09. The van der Waals surface area contributed by atoms with Gasteiger partial charge in [-0.15, -0.1) is 0 Å². The number of ether oxygens (including phenoxy) is 2. The van der Waals surface area contributed by atoms with Crippen molar-refractivity contribution < 1.29 is 24.2 Å². The minimum absolute atomic E-state index is 0.328. The standard InChI is InChI=1S/C9H11BO5/c11-10(12)15-7-2-3-8-9(6-7)14-5-1-4-13-8/h2-3,6,11-12H,1,4-5H2. The minimum Gasteiger partial charge on any atom is -0.512 e. The van der Waals surface area contributed by atoms with Gasteiger partial charge in [0.15, 0.2) is 11.5 Å². The van der Waals surface area contributed by atoms with Crippen LogP contribution in [0.4, 0.5) is 0 Å². The summed E-state index contributed by atoms with van der Waals surface area (Å²) in [4.78, 5) is 0. The van der Waals surface area contributed by atoms with Crippen LogP contribution in [-0.2, 0) is 0 Å². The molecule has 80 valence electrons. The second-order valence-electron chi connectivity index (χ2n) is 3.10. The van der Waals surface area contributed by atoms with Crippen molar-refractivity contribution in [3.63, 3.8) is 0 Å². The molecule has 1 aliphatic rings. The molecule has 1 aromatic rings. The van der Waals surface area contributed by atoms with Crippen LogP contribution in [0.15, 0.2) is 18.2 Å². The topological polar surface area (TPSA) is 68.2 Å². The van der Waals surface area contributed by atoms with Crippen LogP contribution in [0.1, 0.15) is 6.42 Å². The summed E-state index contributed by atoms with van der Waals surface area (Å²) in [5.41, 5.74) is 0. The van der Waals surface area contributed by atoms with Crippen molar-refractivity contribution in [2.45, 2.75) is 6.42 Å². The highest BCUT2D eigenvalue weighted by molar-refractivity contribution is 6.33. The molecular formula is C9H11BO5. The maximum absolute atomic E-state index is 8.63. The maximum atomic E-state index is 8.63. The van der Waals surface area contributed by atoms with Gasteiger partial charge < -0.3 is 24.2 Å². The molecule has 0 bridgehead atoms. The molecule has 1 aromatic carbocycles. The first-order chi connectivity index (χ1) is 7.25. The molecule has 2 N–H and O–H groups in total. The van der Waals surface area contributed by atoms with E-state index in [-0.39, 0.29) is 0 Å². The first-order valence-corrected chi connectivity index (χ1v) is 4.68. The molecule has 6 heteroatoms. The second kappa shape index (κ2) is 4.42. The van der Waals surface area contributed by atoms with Gasteiger partial charge in [0, 0.05) is 12.5 Å². The van der Waals surface area contributed by atoms with Gasteiger partial charge in [-0.1, -0.05) is 0 Å². The molecule has 0 fully saturated rings. The van der Waals surface area contributed by atoms with Crippen LogP contribution in [0.2, 0.25) is 0 Å². The van der Waals surface area contributed by atoms with E-state index < -0.39 is 7.32 Å². The van der Waals surface area contributed by atoms with E-state index in [2.05, 4.69) is 0 Å². The molecule has 2 rings (SSSR count). The Balaban J connectivity index is 2.20. The average Bonchev–Trinajstić information content (AvgIpc) is 2.41. The third-order valence-corrected chi connectivity index (χ3v) is 1.96. The fourth-order valence-electron chi connectivity index (χ4n) is 1.34. The molecule has 0 saturated heterocycles. The highest BCUT2D eigenvalue weighted by atomic mass is 16.6. The molecule has 0 unspecified atom stereocenters. The summed E-state index contributed by atoms with van der Waals surface area (Å²) in [6.07, 6.45) is 0.827. The van der Waals surface area contributed by atoms with Crippen LogP contribution in [-0.4, -0.2) is 30.6 Å². The predicted octanol–water partition coefficient (Wildman–Crippen LogP) is 0.196. The molecule has 0 aromatic heterocycles. The fraction of sp³-hybridized carbons (Fsp3) is 0.333. The zero-order chi connectivity index (χ0) is 10.7. The number of benzene rings is 1. The van der Waals surface area contributed by atoms with E-state index in [0.29, 0.717) is 30.5 Å². The largest absolute Gasteiger partial charge is 0.707 e. The SMILES string of the molecule is OB(O)Oc1ccc2c(c1)OCCCO2. The molecule has 1 aliphatic heterocycles. The average molecular weight is 210 g/mol. The Morgan fingerprint density at radius 3 is 2.60 bits per heavy atom. The highest BCUT2D eigenvalue weighted by Crippen LogP contribution is 2.33. The van der Waals surface area contributed by atoms with Crippen molar-refractivity contribution in [3.05, 3.63) is 18.2 Å². The van der Waals surface area contributed by atoms with Gasteiger partial charge in [-0.25, -0.2) is 0 Å². The number of hydrogen-bond acceptors (Lipinski definition) is 5. The van der Waals surface area contributed by atoms with Crippen LogP contribution < -0.4 is 14.1 Å². The quantitative estimate of drug-likeness (QED) is 0.682. The van der Waals surface area contributed by atoms with Gasteiger partial charge in [0.1, 0.15) is 5.75 Å². The van der Waals surface area contributed by atoms with Gasteiger partial charge >= 0.3 is 7.32 Å². The zero-order valence-electron chi connectivity index (χ0n) is 8.05. The Morgan fingerprint density at radius 1 is 1.13 bits per heavy atom. The van der Waals surface area contributed by atoms with E-state index in [0.717, 1.165) is 6.42 Å². The van der Waals surface area contributed by atoms with Gasteiger partial charge in [0.25, 0.3) is 0 Å². The normalized spacial score (nSPS) is 14.3.